The van der Waals surface area contributed by atoms with E-state index in [9.17, 15) is 9.18 Å². The van der Waals surface area contributed by atoms with Gasteiger partial charge in [0.25, 0.3) is 0 Å². The molecule has 1 aliphatic rings. The maximum absolute atomic E-state index is 12.9. The van der Waals surface area contributed by atoms with E-state index in [1.54, 1.807) is 19.2 Å². The lowest BCUT2D eigenvalue weighted by molar-refractivity contribution is -0.132. The number of carbonyl (C=O) groups is 1. The average Bonchev–Trinajstić information content (AvgIpc) is 2.41. The first-order chi connectivity index (χ1) is 8.66. The van der Waals surface area contributed by atoms with Crippen LogP contribution in [0.2, 0.25) is 0 Å². The predicted molar refractivity (Wildman–Crippen MR) is 83.2 cm³/mol. The Morgan fingerprint density at radius 1 is 1.25 bits per heavy atom. The molecule has 0 atom stereocenters. The number of hydrogen-bond acceptors (Lipinski definition) is 2. The van der Waals surface area contributed by atoms with Gasteiger partial charge in [0.15, 0.2) is 0 Å². The summed E-state index contributed by atoms with van der Waals surface area (Å²) >= 11 is 0. The summed E-state index contributed by atoms with van der Waals surface area (Å²) < 4.78 is 12.9. The van der Waals surface area contributed by atoms with Crippen LogP contribution in [0.4, 0.5) is 4.39 Å². The van der Waals surface area contributed by atoms with Gasteiger partial charge < -0.3 is 10.6 Å². The maximum atomic E-state index is 12.9. The molecule has 6 heteroatoms. The van der Waals surface area contributed by atoms with Gasteiger partial charge in [0.05, 0.1) is 5.41 Å². The zero-order valence-electron chi connectivity index (χ0n) is 11.4. The molecule has 20 heavy (non-hydrogen) atoms. The summed E-state index contributed by atoms with van der Waals surface area (Å²) in [5.74, 6) is -0.147. The summed E-state index contributed by atoms with van der Waals surface area (Å²) in [5, 5.41) is 6.04. The van der Waals surface area contributed by atoms with Gasteiger partial charge in [0.2, 0.25) is 5.91 Å². The third kappa shape index (κ3) is 4.33. The molecule has 0 aromatic heterocycles. The molecule has 0 radical (unpaired) electrons. The van der Waals surface area contributed by atoms with Crippen molar-refractivity contribution in [1.29, 1.82) is 0 Å². The van der Waals surface area contributed by atoms with Crippen molar-refractivity contribution < 1.29 is 9.18 Å². The Hall–Kier alpha value is -0.840. The van der Waals surface area contributed by atoms with E-state index in [4.69, 9.17) is 0 Å². The number of piperidine rings is 1. The molecule has 1 aromatic carbocycles. The third-order valence-electron chi connectivity index (χ3n) is 3.73. The van der Waals surface area contributed by atoms with Crippen molar-refractivity contribution in [3.05, 3.63) is 35.6 Å². The lowest BCUT2D eigenvalue weighted by Gasteiger charge is -2.36. The van der Waals surface area contributed by atoms with Crippen molar-refractivity contribution >= 4 is 30.7 Å². The van der Waals surface area contributed by atoms with Crippen LogP contribution in [-0.4, -0.2) is 26.0 Å². The molecule has 0 spiro atoms. The minimum Gasteiger partial charge on any atom is -0.359 e. The van der Waals surface area contributed by atoms with Crippen LogP contribution in [0, 0.1) is 11.2 Å². The lowest BCUT2D eigenvalue weighted by Crippen LogP contribution is -2.48. The number of hydrogen-bond donors (Lipinski definition) is 2. The Labute approximate surface area is 131 Å². The molecule has 3 nitrogen and oxygen atoms in total. The third-order valence-corrected chi connectivity index (χ3v) is 3.73. The van der Waals surface area contributed by atoms with E-state index in [-0.39, 0.29) is 42.0 Å². The minimum absolute atomic E-state index is 0. The highest BCUT2D eigenvalue weighted by molar-refractivity contribution is 5.85. The average molecular weight is 323 g/mol. The quantitative estimate of drug-likeness (QED) is 0.896. The summed E-state index contributed by atoms with van der Waals surface area (Å²) in [6.07, 6.45) is 2.32. The van der Waals surface area contributed by atoms with Crippen LogP contribution in [0.15, 0.2) is 24.3 Å². The zero-order valence-corrected chi connectivity index (χ0v) is 13.1. The van der Waals surface area contributed by atoms with Crippen molar-refractivity contribution in [2.24, 2.45) is 5.41 Å². The van der Waals surface area contributed by atoms with Crippen LogP contribution in [0.3, 0.4) is 0 Å². The fourth-order valence-corrected chi connectivity index (χ4v) is 2.65. The standard InChI is InChI=1S/C14H19FN2O.2ClH/c1-16-13(18)14(6-8-17-9-7-14)10-11-2-4-12(15)5-3-11;;/h2-5,17H,6-10H2,1H3,(H,16,18);2*1H. The normalized spacial score (nSPS) is 16.5. The predicted octanol–water partition coefficient (Wildman–Crippen LogP) is 2.33. The van der Waals surface area contributed by atoms with E-state index in [1.165, 1.54) is 12.1 Å². The highest BCUT2D eigenvalue weighted by atomic mass is 35.5. The molecule has 1 aromatic rings. The molecular formula is C14H21Cl2FN2O. The Balaban J connectivity index is 0.00000180. The van der Waals surface area contributed by atoms with Crippen LogP contribution in [-0.2, 0) is 11.2 Å². The Bertz CT molecular complexity index is 420. The van der Waals surface area contributed by atoms with Gasteiger partial charge in [-0.1, -0.05) is 12.1 Å². The van der Waals surface area contributed by atoms with Gasteiger partial charge in [-0.25, -0.2) is 4.39 Å². The molecule has 1 amide bonds. The Morgan fingerprint density at radius 2 is 1.80 bits per heavy atom. The van der Waals surface area contributed by atoms with Gasteiger partial charge in [-0.05, 0) is 50.0 Å². The summed E-state index contributed by atoms with van der Waals surface area (Å²) in [7, 11) is 1.68. The second-order valence-electron chi connectivity index (χ2n) is 4.91. The SMILES string of the molecule is CNC(=O)C1(Cc2ccc(F)cc2)CCNCC1.Cl.Cl. The summed E-state index contributed by atoms with van der Waals surface area (Å²) in [6.45, 7) is 1.71. The highest BCUT2D eigenvalue weighted by Gasteiger charge is 2.38. The number of rotatable bonds is 3. The first kappa shape index (κ1) is 19.2. The van der Waals surface area contributed by atoms with Gasteiger partial charge in [0, 0.05) is 7.05 Å². The molecule has 1 aliphatic heterocycles. The van der Waals surface area contributed by atoms with E-state index in [1.807, 2.05) is 0 Å². The summed E-state index contributed by atoms with van der Waals surface area (Å²) in [5.41, 5.74) is 0.666. The van der Waals surface area contributed by atoms with Gasteiger partial charge in [-0.2, -0.15) is 0 Å². The van der Waals surface area contributed by atoms with E-state index in [2.05, 4.69) is 10.6 Å². The molecule has 0 unspecified atom stereocenters. The number of carbonyl (C=O) groups excluding carboxylic acids is 1. The fraction of sp³-hybridized carbons (Fsp3) is 0.500. The second kappa shape index (κ2) is 8.45. The van der Waals surface area contributed by atoms with Gasteiger partial charge in [-0.15, -0.1) is 24.8 Å². The number of nitrogens with one attached hydrogen (secondary N) is 2. The second-order valence-corrected chi connectivity index (χ2v) is 4.91. The molecule has 1 saturated heterocycles. The van der Waals surface area contributed by atoms with Crippen molar-refractivity contribution in [2.75, 3.05) is 20.1 Å². The van der Waals surface area contributed by atoms with Gasteiger partial charge in [0.1, 0.15) is 5.82 Å². The topological polar surface area (TPSA) is 41.1 Å². The molecule has 2 rings (SSSR count). The van der Waals surface area contributed by atoms with Crippen molar-refractivity contribution in [3.63, 3.8) is 0 Å². The monoisotopic (exact) mass is 322 g/mol. The Kier molecular flexibility index (Phi) is 8.09. The first-order valence-electron chi connectivity index (χ1n) is 6.34. The molecule has 114 valence electrons. The molecule has 2 N–H and O–H groups in total. The summed E-state index contributed by atoms with van der Waals surface area (Å²) in [6, 6.07) is 6.44. The smallest absolute Gasteiger partial charge is 0.226 e. The van der Waals surface area contributed by atoms with Crippen LogP contribution in [0.1, 0.15) is 18.4 Å². The molecular weight excluding hydrogens is 302 g/mol. The van der Waals surface area contributed by atoms with Crippen LogP contribution < -0.4 is 10.6 Å². The van der Waals surface area contributed by atoms with Crippen molar-refractivity contribution in [1.82, 2.24) is 10.6 Å². The molecule has 0 aliphatic carbocycles. The van der Waals surface area contributed by atoms with E-state index < -0.39 is 0 Å². The number of benzene rings is 1. The summed E-state index contributed by atoms with van der Waals surface area (Å²) in [4.78, 5) is 12.1. The van der Waals surface area contributed by atoms with Crippen LogP contribution in [0.5, 0.6) is 0 Å². The number of amides is 1. The highest BCUT2D eigenvalue weighted by Crippen LogP contribution is 2.33. The number of halogens is 3. The molecule has 1 fully saturated rings. The van der Waals surface area contributed by atoms with Gasteiger partial charge >= 0.3 is 0 Å². The van der Waals surface area contributed by atoms with E-state index in [0.717, 1.165) is 31.5 Å². The molecule has 1 heterocycles. The molecule has 0 saturated carbocycles. The van der Waals surface area contributed by atoms with Crippen LogP contribution in [0.25, 0.3) is 0 Å². The fourth-order valence-electron chi connectivity index (χ4n) is 2.65. The van der Waals surface area contributed by atoms with Gasteiger partial charge in [-0.3, -0.25) is 4.79 Å². The first-order valence-corrected chi connectivity index (χ1v) is 6.34. The van der Waals surface area contributed by atoms with Crippen molar-refractivity contribution in [3.8, 4) is 0 Å². The maximum Gasteiger partial charge on any atom is 0.226 e. The largest absolute Gasteiger partial charge is 0.359 e. The van der Waals surface area contributed by atoms with E-state index in [0.29, 0.717) is 6.42 Å². The Morgan fingerprint density at radius 3 is 2.30 bits per heavy atom. The lowest BCUT2D eigenvalue weighted by atomic mass is 9.73. The van der Waals surface area contributed by atoms with E-state index >= 15 is 0 Å². The van der Waals surface area contributed by atoms with Crippen molar-refractivity contribution in [2.45, 2.75) is 19.3 Å². The minimum atomic E-state index is -0.349. The van der Waals surface area contributed by atoms with Crippen LogP contribution >= 0.6 is 24.8 Å². The molecule has 0 bridgehead atoms. The zero-order chi connectivity index (χ0) is 13.0.